The summed E-state index contributed by atoms with van der Waals surface area (Å²) in [5.74, 6) is 0. The molecule has 0 aliphatic carbocycles. The predicted molar refractivity (Wildman–Crippen MR) is 46.8 cm³/mol. The first kappa shape index (κ1) is 16.7. The standard InChI is InChI=1S/C7H11F6O3P/c1-5(2)17(14,15-3-6(8,9)10)16-4-7(11,12)13/h5H,3-4H2,1-2H3. The maximum atomic E-state index is 11.8. The van der Waals surface area contributed by atoms with E-state index in [1.165, 1.54) is 0 Å². The Labute approximate surface area is 93.6 Å². The van der Waals surface area contributed by atoms with Crippen LogP contribution in [0.5, 0.6) is 0 Å². The van der Waals surface area contributed by atoms with Gasteiger partial charge in [0.15, 0.2) is 13.2 Å². The number of rotatable bonds is 5. The minimum atomic E-state index is -4.79. The highest BCUT2D eigenvalue weighted by molar-refractivity contribution is 7.54. The summed E-state index contributed by atoms with van der Waals surface area (Å²) in [6.45, 7) is -1.54. The summed E-state index contributed by atoms with van der Waals surface area (Å²) in [5.41, 5.74) is -1.10. The van der Waals surface area contributed by atoms with E-state index in [9.17, 15) is 30.9 Å². The SMILES string of the molecule is CC(C)P(=O)(OCC(F)(F)F)OCC(F)(F)F. The quantitative estimate of drug-likeness (QED) is 0.571. The van der Waals surface area contributed by atoms with E-state index in [-0.39, 0.29) is 0 Å². The summed E-state index contributed by atoms with van der Waals surface area (Å²) in [6.07, 6.45) is -9.57. The molecule has 0 N–H and O–H groups in total. The van der Waals surface area contributed by atoms with E-state index < -0.39 is 38.8 Å². The van der Waals surface area contributed by atoms with Gasteiger partial charge in [-0.1, -0.05) is 13.8 Å². The van der Waals surface area contributed by atoms with E-state index in [0.29, 0.717) is 0 Å². The van der Waals surface area contributed by atoms with Crippen molar-refractivity contribution < 1.29 is 40.0 Å². The Morgan fingerprint density at radius 3 is 1.41 bits per heavy atom. The van der Waals surface area contributed by atoms with Crippen LogP contribution >= 0.6 is 7.60 Å². The van der Waals surface area contributed by atoms with Crippen molar-refractivity contribution in [3.05, 3.63) is 0 Å². The predicted octanol–water partition coefficient (Wildman–Crippen LogP) is 3.75. The zero-order chi connectivity index (χ0) is 13.9. The summed E-state index contributed by atoms with van der Waals surface area (Å²) in [4.78, 5) is 0. The fourth-order valence-electron chi connectivity index (χ4n) is 0.662. The zero-order valence-corrected chi connectivity index (χ0v) is 9.83. The van der Waals surface area contributed by atoms with Gasteiger partial charge in [-0.15, -0.1) is 0 Å². The van der Waals surface area contributed by atoms with E-state index in [2.05, 4.69) is 9.05 Å². The lowest BCUT2D eigenvalue weighted by Gasteiger charge is -2.22. The molecule has 0 bridgehead atoms. The molecule has 0 aliphatic rings. The molecule has 0 aromatic rings. The highest BCUT2D eigenvalue weighted by Gasteiger charge is 2.40. The van der Waals surface area contributed by atoms with Crippen molar-refractivity contribution in [3.63, 3.8) is 0 Å². The topological polar surface area (TPSA) is 35.5 Å². The van der Waals surface area contributed by atoms with Crippen LogP contribution in [-0.4, -0.2) is 31.2 Å². The minimum absolute atomic E-state index is 1.10. The first-order chi connectivity index (χ1) is 7.36. The lowest BCUT2D eigenvalue weighted by atomic mass is 10.6. The van der Waals surface area contributed by atoms with E-state index in [0.717, 1.165) is 13.8 Å². The Bertz CT molecular complexity index is 262. The van der Waals surface area contributed by atoms with Crippen LogP contribution in [0.4, 0.5) is 26.3 Å². The smallest absolute Gasteiger partial charge is 0.299 e. The van der Waals surface area contributed by atoms with Crippen LogP contribution in [-0.2, 0) is 13.6 Å². The van der Waals surface area contributed by atoms with Gasteiger partial charge in [0, 0.05) is 0 Å². The molecule has 0 amide bonds. The van der Waals surface area contributed by atoms with Crippen molar-refractivity contribution >= 4 is 7.60 Å². The molecule has 0 aliphatic heterocycles. The molecule has 3 nitrogen and oxygen atoms in total. The molecule has 0 aromatic heterocycles. The van der Waals surface area contributed by atoms with Crippen molar-refractivity contribution in [1.29, 1.82) is 0 Å². The van der Waals surface area contributed by atoms with Gasteiger partial charge in [-0.2, -0.15) is 26.3 Å². The molecule has 0 radical (unpaired) electrons. The minimum Gasteiger partial charge on any atom is -0.299 e. The number of halogens is 6. The normalized spacial score (nSPS) is 14.4. The fourth-order valence-corrected chi connectivity index (χ4v) is 1.99. The Hall–Kier alpha value is -0.270. The molecule has 10 heteroatoms. The van der Waals surface area contributed by atoms with E-state index >= 15 is 0 Å². The maximum absolute atomic E-state index is 11.8. The van der Waals surface area contributed by atoms with Crippen LogP contribution in [0.15, 0.2) is 0 Å². The molecular weight excluding hydrogens is 277 g/mol. The monoisotopic (exact) mass is 288 g/mol. The highest BCUT2D eigenvalue weighted by atomic mass is 31.2. The fraction of sp³-hybridized carbons (Fsp3) is 1.00. The third-order valence-electron chi connectivity index (χ3n) is 1.45. The van der Waals surface area contributed by atoms with Crippen LogP contribution in [0, 0.1) is 0 Å². The second kappa shape index (κ2) is 5.58. The Kier molecular flexibility index (Phi) is 5.49. The van der Waals surface area contributed by atoms with Crippen molar-refractivity contribution in [2.45, 2.75) is 31.9 Å². The molecule has 104 valence electrons. The van der Waals surface area contributed by atoms with Gasteiger partial charge in [-0.05, 0) is 0 Å². The molecule has 0 unspecified atom stereocenters. The summed E-state index contributed by atoms with van der Waals surface area (Å²) < 4.78 is 90.3. The number of alkyl halides is 6. The zero-order valence-electron chi connectivity index (χ0n) is 8.93. The second-order valence-electron chi connectivity index (χ2n) is 3.41. The molecule has 0 heterocycles. The van der Waals surface area contributed by atoms with E-state index in [4.69, 9.17) is 0 Å². The molecule has 0 aromatic carbocycles. The van der Waals surface area contributed by atoms with E-state index in [1.54, 1.807) is 0 Å². The van der Waals surface area contributed by atoms with Gasteiger partial charge in [0.05, 0.1) is 5.66 Å². The molecule has 0 atom stereocenters. The lowest BCUT2D eigenvalue weighted by molar-refractivity contribution is -0.165. The largest absolute Gasteiger partial charge is 0.412 e. The second-order valence-corrected chi connectivity index (χ2v) is 6.04. The molecule has 0 fully saturated rings. The van der Waals surface area contributed by atoms with Crippen LogP contribution < -0.4 is 0 Å². The van der Waals surface area contributed by atoms with Crippen LogP contribution in [0.1, 0.15) is 13.8 Å². The van der Waals surface area contributed by atoms with Gasteiger partial charge in [0.1, 0.15) is 0 Å². The summed E-state index contributed by atoms with van der Waals surface area (Å²) in [6, 6.07) is 0. The van der Waals surface area contributed by atoms with Crippen LogP contribution in [0.3, 0.4) is 0 Å². The van der Waals surface area contributed by atoms with Gasteiger partial charge >= 0.3 is 19.9 Å². The maximum Gasteiger partial charge on any atom is 0.412 e. The van der Waals surface area contributed by atoms with Crippen molar-refractivity contribution in [3.8, 4) is 0 Å². The number of hydrogen-bond acceptors (Lipinski definition) is 3. The number of hydrogen-bond donors (Lipinski definition) is 0. The van der Waals surface area contributed by atoms with E-state index in [1.807, 2.05) is 0 Å². The average molecular weight is 288 g/mol. The first-order valence-corrected chi connectivity index (χ1v) is 5.99. The Balaban J connectivity index is 4.54. The van der Waals surface area contributed by atoms with Crippen LogP contribution in [0.25, 0.3) is 0 Å². The van der Waals surface area contributed by atoms with Crippen LogP contribution in [0.2, 0.25) is 0 Å². The Morgan fingerprint density at radius 2 is 1.24 bits per heavy atom. The Morgan fingerprint density at radius 1 is 0.941 bits per heavy atom. The molecule has 0 saturated heterocycles. The third kappa shape index (κ3) is 7.62. The molecule has 0 rings (SSSR count). The molecule has 0 saturated carbocycles. The summed E-state index contributed by atoms with van der Waals surface area (Å²) in [7, 11) is -4.42. The summed E-state index contributed by atoms with van der Waals surface area (Å²) in [5, 5.41) is 0. The van der Waals surface area contributed by atoms with Crippen molar-refractivity contribution in [2.75, 3.05) is 13.2 Å². The van der Waals surface area contributed by atoms with Gasteiger partial charge in [-0.25, -0.2) is 0 Å². The molecule has 17 heavy (non-hydrogen) atoms. The van der Waals surface area contributed by atoms with Gasteiger partial charge in [-0.3, -0.25) is 13.6 Å². The van der Waals surface area contributed by atoms with Gasteiger partial charge in [0.2, 0.25) is 0 Å². The van der Waals surface area contributed by atoms with Crippen molar-refractivity contribution in [1.82, 2.24) is 0 Å². The van der Waals surface area contributed by atoms with Crippen molar-refractivity contribution in [2.24, 2.45) is 0 Å². The van der Waals surface area contributed by atoms with Gasteiger partial charge in [0.25, 0.3) is 0 Å². The summed E-state index contributed by atoms with van der Waals surface area (Å²) >= 11 is 0. The average Bonchev–Trinajstić information content (AvgIpc) is 2.09. The first-order valence-electron chi connectivity index (χ1n) is 4.38. The van der Waals surface area contributed by atoms with Gasteiger partial charge < -0.3 is 0 Å². The molecule has 0 spiro atoms. The lowest BCUT2D eigenvalue weighted by Crippen LogP contribution is -2.22. The molecular formula is C7H11F6O3P. The highest BCUT2D eigenvalue weighted by Crippen LogP contribution is 2.54. The third-order valence-corrected chi connectivity index (χ3v) is 3.69.